The number of rotatable bonds is 9. The van der Waals surface area contributed by atoms with Crippen LogP contribution in [0.2, 0.25) is 0 Å². The number of thioether (sulfide) groups is 1. The fourth-order valence-electron chi connectivity index (χ4n) is 3.10. The minimum absolute atomic E-state index is 0.0727. The topological polar surface area (TPSA) is 118 Å². The number of carbonyl (C=O) groups is 2. The first kappa shape index (κ1) is 24.6. The second-order valence-corrected chi connectivity index (χ2v) is 9.79. The van der Waals surface area contributed by atoms with Crippen molar-refractivity contribution in [1.82, 2.24) is 15.6 Å². The number of amides is 2. The number of aryl methyl sites for hydroxylation is 1. The molecular weight excluding hydrogens is 462 g/mol. The number of sulfonamides is 1. The number of para-hydroxylation sites is 1. The Morgan fingerprint density at radius 3 is 2.45 bits per heavy atom. The first-order valence-electron chi connectivity index (χ1n) is 10.1. The first-order valence-corrected chi connectivity index (χ1v) is 13.1. The summed E-state index contributed by atoms with van der Waals surface area (Å²) >= 11 is 1.47. The van der Waals surface area contributed by atoms with Gasteiger partial charge in [-0.3, -0.25) is 20.4 Å². The van der Waals surface area contributed by atoms with E-state index in [9.17, 15) is 18.0 Å². The third-order valence-corrected chi connectivity index (χ3v) is 6.57. The van der Waals surface area contributed by atoms with Crippen LogP contribution in [-0.4, -0.2) is 38.3 Å². The molecule has 0 bridgehead atoms. The van der Waals surface area contributed by atoms with Gasteiger partial charge in [0.25, 0.3) is 5.91 Å². The fourth-order valence-corrected chi connectivity index (χ4v) is 4.61. The van der Waals surface area contributed by atoms with E-state index >= 15 is 0 Å². The molecule has 0 saturated carbocycles. The fraction of sp³-hybridized carbons (Fsp3) is 0.217. The lowest BCUT2D eigenvalue weighted by Gasteiger charge is -2.17. The van der Waals surface area contributed by atoms with E-state index in [1.54, 1.807) is 43.3 Å². The lowest BCUT2D eigenvalue weighted by molar-refractivity contribution is -0.123. The summed E-state index contributed by atoms with van der Waals surface area (Å²) in [6, 6.07) is 15.1. The zero-order valence-electron chi connectivity index (χ0n) is 18.2. The van der Waals surface area contributed by atoms with E-state index in [4.69, 9.17) is 4.42 Å². The van der Waals surface area contributed by atoms with E-state index in [0.717, 1.165) is 10.8 Å². The zero-order chi connectivity index (χ0) is 23.8. The van der Waals surface area contributed by atoms with E-state index in [1.165, 1.54) is 17.8 Å². The van der Waals surface area contributed by atoms with E-state index in [2.05, 4.69) is 15.6 Å². The zero-order valence-corrected chi connectivity index (χ0v) is 19.8. The van der Waals surface area contributed by atoms with Crippen molar-refractivity contribution in [3.05, 3.63) is 76.9 Å². The van der Waals surface area contributed by atoms with Gasteiger partial charge in [-0.05, 0) is 43.1 Å². The standard InChI is InChI=1S/C23H25N3O5S2/c1-16-18-10-6-7-11-20(18)31-21(16)23(28)25-24-22(27)19(12-14-32-2)26-33(29,30)15-13-17-8-4-3-5-9-17/h3-11,13,15,19,26H,12,14H2,1-2H3,(H,24,27)(H,25,28). The highest BCUT2D eigenvalue weighted by atomic mass is 32.2. The Labute approximate surface area is 196 Å². The van der Waals surface area contributed by atoms with Crippen molar-refractivity contribution >= 4 is 50.6 Å². The van der Waals surface area contributed by atoms with Gasteiger partial charge in [0.2, 0.25) is 10.0 Å². The van der Waals surface area contributed by atoms with Crippen LogP contribution >= 0.6 is 11.8 Å². The van der Waals surface area contributed by atoms with Gasteiger partial charge in [0.1, 0.15) is 11.6 Å². The minimum atomic E-state index is -3.90. The molecular formula is C23H25N3O5S2. The molecule has 0 aliphatic carbocycles. The smallest absolute Gasteiger partial charge is 0.305 e. The van der Waals surface area contributed by atoms with Crippen LogP contribution < -0.4 is 15.6 Å². The quantitative estimate of drug-likeness (QED) is 0.399. The Hall–Kier alpha value is -3.08. The van der Waals surface area contributed by atoms with E-state index in [1.807, 2.05) is 24.5 Å². The highest BCUT2D eigenvalue weighted by Crippen LogP contribution is 2.24. The van der Waals surface area contributed by atoms with Gasteiger partial charge in [0, 0.05) is 16.4 Å². The van der Waals surface area contributed by atoms with E-state index in [-0.39, 0.29) is 12.2 Å². The van der Waals surface area contributed by atoms with E-state index in [0.29, 0.717) is 22.5 Å². The molecule has 8 nitrogen and oxygen atoms in total. The van der Waals surface area contributed by atoms with Crippen molar-refractivity contribution in [2.45, 2.75) is 19.4 Å². The number of benzene rings is 2. The predicted octanol–water partition coefficient (Wildman–Crippen LogP) is 3.21. The molecule has 1 unspecified atom stereocenters. The molecule has 0 aliphatic heterocycles. The molecule has 2 amide bonds. The summed E-state index contributed by atoms with van der Waals surface area (Å²) in [4.78, 5) is 25.2. The van der Waals surface area contributed by atoms with Crippen LogP contribution in [0.4, 0.5) is 0 Å². The number of hydrazine groups is 1. The summed E-state index contributed by atoms with van der Waals surface area (Å²) in [7, 11) is -3.90. The third-order valence-electron chi connectivity index (χ3n) is 4.82. The summed E-state index contributed by atoms with van der Waals surface area (Å²) in [5.41, 5.74) is 6.52. The van der Waals surface area contributed by atoms with Gasteiger partial charge in [-0.25, -0.2) is 8.42 Å². The molecule has 3 rings (SSSR count). The largest absolute Gasteiger partial charge is 0.451 e. The second-order valence-electron chi connectivity index (χ2n) is 7.21. The van der Waals surface area contributed by atoms with Crippen LogP contribution in [0.3, 0.4) is 0 Å². The number of furan rings is 1. The molecule has 3 aromatic rings. The molecule has 0 aliphatic rings. The molecule has 0 radical (unpaired) electrons. The van der Waals surface area contributed by atoms with Crippen LogP contribution in [0.1, 0.15) is 28.1 Å². The summed E-state index contributed by atoms with van der Waals surface area (Å²) in [6.07, 6.45) is 3.54. The van der Waals surface area contributed by atoms with Crippen molar-refractivity contribution < 1.29 is 22.4 Å². The normalized spacial score (nSPS) is 12.7. The minimum Gasteiger partial charge on any atom is -0.451 e. The molecule has 1 atom stereocenters. The van der Waals surface area contributed by atoms with Crippen LogP contribution in [0, 0.1) is 6.92 Å². The van der Waals surface area contributed by atoms with E-state index < -0.39 is 27.9 Å². The molecule has 1 aromatic heterocycles. The van der Waals surface area contributed by atoms with Crippen LogP contribution in [0.15, 0.2) is 64.4 Å². The summed E-state index contributed by atoms with van der Waals surface area (Å²) < 4.78 is 33.0. The van der Waals surface area contributed by atoms with Gasteiger partial charge in [0.15, 0.2) is 5.76 Å². The molecule has 174 valence electrons. The van der Waals surface area contributed by atoms with Gasteiger partial charge in [-0.1, -0.05) is 48.5 Å². The van der Waals surface area contributed by atoms with Crippen LogP contribution in [0.25, 0.3) is 17.0 Å². The first-order chi connectivity index (χ1) is 15.8. The van der Waals surface area contributed by atoms with Gasteiger partial charge >= 0.3 is 5.91 Å². The van der Waals surface area contributed by atoms with Gasteiger partial charge in [-0.15, -0.1) is 0 Å². The van der Waals surface area contributed by atoms with Crippen molar-refractivity contribution in [3.8, 4) is 0 Å². The second kappa shape index (κ2) is 11.2. The van der Waals surface area contributed by atoms with Crippen LogP contribution in [-0.2, 0) is 14.8 Å². The molecule has 10 heteroatoms. The highest BCUT2D eigenvalue weighted by molar-refractivity contribution is 7.98. The molecule has 3 N–H and O–H groups in total. The molecule has 0 spiro atoms. The summed E-state index contributed by atoms with van der Waals surface area (Å²) in [6.45, 7) is 1.75. The lowest BCUT2D eigenvalue weighted by atomic mass is 10.1. The molecule has 2 aromatic carbocycles. The number of hydrogen-bond acceptors (Lipinski definition) is 6. The third kappa shape index (κ3) is 6.70. The monoisotopic (exact) mass is 487 g/mol. The van der Waals surface area contributed by atoms with Gasteiger partial charge < -0.3 is 4.42 Å². The Kier molecular flexibility index (Phi) is 8.32. The summed E-state index contributed by atoms with van der Waals surface area (Å²) in [5, 5.41) is 1.81. The Morgan fingerprint density at radius 1 is 1.06 bits per heavy atom. The van der Waals surface area contributed by atoms with Crippen molar-refractivity contribution in [2.75, 3.05) is 12.0 Å². The summed E-state index contributed by atoms with van der Waals surface area (Å²) in [5.74, 6) is -0.696. The van der Waals surface area contributed by atoms with Crippen LogP contribution in [0.5, 0.6) is 0 Å². The molecule has 0 saturated heterocycles. The number of fused-ring (bicyclic) bond motifs is 1. The Bertz CT molecular complexity index is 1250. The van der Waals surface area contributed by atoms with Crippen molar-refractivity contribution in [3.63, 3.8) is 0 Å². The molecule has 1 heterocycles. The number of hydrogen-bond donors (Lipinski definition) is 3. The Balaban J connectivity index is 1.66. The maximum Gasteiger partial charge on any atom is 0.305 e. The van der Waals surface area contributed by atoms with Gasteiger partial charge in [-0.2, -0.15) is 16.5 Å². The lowest BCUT2D eigenvalue weighted by Crippen LogP contribution is -2.52. The highest BCUT2D eigenvalue weighted by Gasteiger charge is 2.24. The predicted molar refractivity (Wildman–Crippen MR) is 131 cm³/mol. The average molecular weight is 488 g/mol. The van der Waals surface area contributed by atoms with Crippen molar-refractivity contribution in [1.29, 1.82) is 0 Å². The molecule has 33 heavy (non-hydrogen) atoms. The maximum atomic E-state index is 12.7. The Morgan fingerprint density at radius 2 is 1.76 bits per heavy atom. The average Bonchev–Trinajstić information content (AvgIpc) is 3.16. The number of carbonyl (C=O) groups excluding carboxylic acids is 2. The van der Waals surface area contributed by atoms with Crippen molar-refractivity contribution in [2.24, 2.45) is 0 Å². The SMILES string of the molecule is CSCCC(NS(=O)(=O)C=Cc1ccccc1)C(=O)NNC(=O)c1oc2ccccc2c1C. The van der Waals surface area contributed by atoms with Gasteiger partial charge in [0.05, 0.1) is 0 Å². The maximum absolute atomic E-state index is 12.7. The molecule has 0 fully saturated rings. The number of nitrogens with one attached hydrogen (secondary N) is 3.